The minimum atomic E-state index is -1.92. The second-order valence-corrected chi connectivity index (χ2v) is 13.5. The van der Waals surface area contributed by atoms with Gasteiger partial charge >= 0.3 is 210 Å². The molecule has 0 fully saturated rings. The summed E-state index contributed by atoms with van der Waals surface area (Å²) in [5.41, 5.74) is 0. The molecule has 0 unspecified atom stereocenters. The van der Waals surface area contributed by atoms with Gasteiger partial charge in [0.2, 0.25) is 0 Å². The quantitative estimate of drug-likeness (QED) is 0.182. The van der Waals surface area contributed by atoms with E-state index in [2.05, 4.69) is 140 Å². The summed E-state index contributed by atoms with van der Waals surface area (Å²) in [5, 5.41) is 10.8. The number of hydrogen-bond acceptors (Lipinski definition) is 0. The van der Waals surface area contributed by atoms with Gasteiger partial charge in [-0.3, -0.25) is 0 Å². The van der Waals surface area contributed by atoms with E-state index in [0.29, 0.717) is 0 Å². The summed E-state index contributed by atoms with van der Waals surface area (Å²) in [7, 11) is 0. The minimum absolute atomic E-state index is 1.32. The van der Waals surface area contributed by atoms with Gasteiger partial charge in [-0.15, -0.1) is 0 Å². The standard InChI is InChI=1S/C34H23As/c1-2-14-26(15-3-1)35(33-22-24-12-4-6-16-27(24)29-18-8-10-20-31(29)33)34-23-25-13-5-7-17-28(25)30-19-9-11-21-32(30)34/h1-23H. The molecule has 0 aliphatic heterocycles. The van der Waals surface area contributed by atoms with Crippen LogP contribution in [0.2, 0.25) is 0 Å². The first kappa shape index (κ1) is 20.5. The van der Waals surface area contributed by atoms with Crippen LogP contribution in [-0.4, -0.2) is 14.7 Å². The Bertz CT molecular complexity index is 1730. The second-order valence-electron chi connectivity index (χ2n) is 9.00. The summed E-state index contributed by atoms with van der Waals surface area (Å²) < 4.78 is 4.46. The van der Waals surface area contributed by atoms with Gasteiger partial charge in [0.1, 0.15) is 0 Å². The Hall–Kier alpha value is -3.86. The van der Waals surface area contributed by atoms with Crippen LogP contribution in [0.25, 0.3) is 43.1 Å². The molecule has 164 valence electrons. The fourth-order valence-electron chi connectivity index (χ4n) is 5.42. The first-order chi connectivity index (χ1) is 17.4. The van der Waals surface area contributed by atoms with Gasteiger partial charge in [-0.25, -0.2) is 0 Å². The molecule has 0 aliphatic carbocycles. The number of hydrogen-bond donors (Lipinski definition) is 0. The average Bonchev–Trinajstić information content (AvgIpc) is 2.94. The third-order valence-corrected chi connectivity index (χ3v) is 12.3. The number of rotatable bonds is 3. The Balaban J connectivity index is 1.65. The van der Waals surface area contributed by atoms with Gasteiger partial charge in [0.25, 0.3) is 0 Å². The van der Waals surface area contributed by atoms with Crippen molar-refractivity contribution in [1.29, 1.82) is 0 Å². The molecule has 0 bridgehead atoms. The molecule has 0 saturated carbocycles. The zero-order valence-electron chi connectivity index (χ0n) is 19.2. The fraction of sp³-hybridized carbons (Fsp3) is 0. The van der Waals surface area contributed by atoms with Crippen LogP contribution < -0.4 is 13.1 Å². The van der Waals surface area contributed by atoms with Crippen LogP contribution in [0.3, 0.4) is 0 Å². The van der Waals surface area contributed by atoms with Crippen LogP contribution in [0, 0.1) is 0 Å². The summed E-state index contributed by atoms with van der Waals surface area (Å²) in [6.07, 6.45) is 0. The molecule has 0 nitrogen and oxygen atoms in total. The fourth-order valence-corrected chi connectivity index (χ4v) is 11.1. The van der Waals surface area contributed by atoms with E-state index in [9.17, 15) is 0 Å². The summed E-state index contributed by atoms with van der Waals surface area (Å²) in [5.74, 6) is 0. The van der Waals surface area contributed by atoms with Crippen molar-refractivity contribution in [3.8, 4) is 0 Å². The summed E-state index contributed by atoms with van der Waals surface area (Å²) in [6, 6.07) is 51.8. The van der Waals surface area contributed by atoms with E-state index in [-0.39, 0.29) is 0 Å². The molecule has 0 atom stereocenters. The molecule has 0 N–H and O–H groups in total. The number of fused-ring (bicyclic) bond motifs is 6. The Kier molecular flexibility index (Phi) is 4.93. The molecular weight excluding hydrogens is 483 g/mol. The van der Waals surface area contributed by atoms with Crippen molar-refractivity contribution in [3.63, 3.8) is 0 Å². The molecule has 35 heavy (non-hydrogen) atoms. The molecule has 0 spiro atoms. The summed E-state index contributed by atoms with van der Waals surface area (Å²) >= 11 is -1.92. The molecule has 1 heteroatoms. The maximum atomic E-state index is 2.48. The first-order valence-corrected chi connectivity index (χ1v) is 14.9. The average molecular weight is 506 g/mol. The van der Waals surface area contributed by atoms with E-state index in [1.54, 1.807) is 0 Å². The number of benzene rings is 7. The second kappa shape index (κ2) is 8.42. The van der Waals surface area contributed by atoms with Gasteiger partial charge < -0.3 is 0 Å². The molecule has 7 rings (SSSR count). The Morgan fingerprint density at radius 2 is 0.686 bits per heavy atom. The third kappa shape index (κ3) is 3.37. The molecule has 0 aromatic heterocycles. The van der Waals surface area contributed by atoms with Crippen LogP contribution >= 0.6 is 0 Å². The topological polar surface area (TPSA) is 0 Å². The van der Waals surface area contributed by atoms with Crippen molar-refractivity contribution in [2.24, 2.45) is 0 Å². The Labute approximate surface area is 209 Å². The molecule has 0 saturated heterocycles. The van der Waals surface area contributed by atoms with Crippen molar-refractivity contribution in [1.82, 2.24) is 0 Å². The van der Waals surface area contributed by atoms with Crippen molar-refractivity contribution in [2.45, 2.75) is 0 Å². The van der Waals surface area contributed by atoms with Crippen LogP contribution in [0.4, 0.5) is 0 Å². The van der Waals surface area contributed by atoms with E-state index in [1.165, 1.54) is 56.1 Å². The van der Waals surface area contributed by atoms with Gasteiger partial charge in [0.15, 0.2) is 0 Å². The molecule has 7 aromatic rings. The van der Waals surface area contributed by atoms with E-state index in [4.69, 9.17) is 0 Å². The molecule has 7 aromatic carbocycles. The van der Waals surface area contributed by atoms with Crippen molar-refractivity contribution >= 4 is 70.8 Å². The van der Waals surface area contributed by atoms with E-state index < -0.39 is 14.7 Å². The van der Waals surface area contributed by atoms with Gasteiger partial charge in [-0.2, -0.15) is 0 Å². The van der Waals surface area contributed by atoms with Crippen molar-refractivity contribution < 1.29 is 0 Å². The molecule has 0 heterocycles. The van der Waals surface area contributed by atoms with Crippen LogP contribution in [0.5, 0.6) is 0 Å². The van der Waals surface area contributed by atoms with Gasteiger partial charge in [-0.1, -0.05) is 0 Å². The molecule has 0 aliphatic rings. The Morgan fingerprint density at radius 1 is 0.314 bits per heavy atom. The van der Waals surface area contributed by atoms with Crippen molar-refractivity contribution in [2.75, 3.05) is 0 Å². The van der Waals surface area contributed by atoms with Gasteiger partial charge in [0.05, 0.1) is 0 Å². The summed E-state index contributed by atoms with van der Waals surface area (Å²) in [4.78, 5) is 0. The molecule has 0 amide bonds. The molecular formula is C34H23As. The SMILES string of the molecule is c1ccc([As](c2cc3ccccc3c3ccccc23)c2cc3ccccc3c3ccccc23)cc1. The van der Waals surface area contributed by atoms with Crippen LogP contribution in [0.1, 0.15) is 0 Å². The zero-order chi connectivity index (χ0) is 23.2. The summed E-state index contributed by atoms with van der Waals surface area (Å²) in [6.45, 7) is 0. The van der Waals surface area contributed by atoms with E-state index in [1.807, 2.05) is 0 Å². The normalized spacial score (nSPS) is 11.7. The van der Waals surface area contributed by atoms with E-state index in [0.717, 1.165) is 0 Å². The van der Waals surface area contributed by atoms with E-state index >= 15 is 0 Å². The van der Waals surface area contributed by atoms with Gasteiger partial charge in [0, 0.05) is 0 Å². The molecule has 0 radical (unpaired) electrons. The zero-order valence-corrected chi connectivity index (χ0v) is 21.1. The first-order valence-electron chi connectivity index (χ1n) is 12.0. The van der Waals surface area contributed by atoms with Crippen LogP contribution in [-0.2, 0) is 0 Å². The Morgan fingerprint density at radius 3 is 1.17 bits per heavy atom. The van der Waals surface area contributed by atoms with Gasteiger partial charge in [-0.05, 0) is 0 Å². The maximum absolute atomic E-state index is 2.48. The predicted octanol–water partition coefficient (Wildman–Crippen LogP) is 6.82. The predicted molar refractivity (Wildman–Crippen MR) is 154 cm³/mol. The van der Waals surface area contributed by atoms with Crippen molar-refractivity contribution in [3.05, 3.63) is 140 Å². The van der Waals surface area contributed by atoms with Crippen LogP contribution in [0.15, 0.2) is 140 Å². The monoisotopic (exact) mass is 506 g/mol. The third-order valence-electron chi connectivity index (χ3n) is 6.99.